The lowest BCUT2D eigenvalue weighted by molar-refractivity contribution is -0.151. The van der Waals surface area contributed by atoms with Crippen LogP contribution >= 0.6 is 0 Å². The molecule has 1 aliphatic heterocycles. The second-order valence-corrected chi connectivity index (χ2v) is 3.27. The Morgan fingerprint density at radius 2 is 2.50 bits per heavy atom. The van der Waals surface area contributed by atoms with Gasteiger partial charge in [0.1, 0.15) is 0 Å². The quantitative estimate of drug-likeness (QED) is 0.640. The van der Waals surface area contributed by atoms with Crippen molar-refractivity contribution in [2.75, 3.05) is 13.2 Å². The fourth-order valence-electron chi connectivity index (χ4n) is 1.70. The van der Waals surface area contributed by atoms with Gasteiger partial charge in [-0.25, -0.2) is 4.79 Å². The third-order valence-electron chi connectivity index (χ3n) is 2.43. The zero-order valence-electron chi connectivity index (χ0n) is 8.18. The first kappa shape index (κ1) is 11.0. The number of carboxylic acids is 1. The van der Waals surface area contributed by atoms with E-state index in [1.165, 1.54) is 4.90 Å². The van der Waals surface area contributed by atoms with Crippen molar-refractivity contribution in [3.05, 3.63) is 0 Å². The maximum absolute atomic E-state index is 11.0. The molecule has 5 nitrogen and oxygen atoms in total. The molecule has 1 rings (SSSR count). The summed E-state index contributed by atoms with van der Waals surface area (Å²) in [7, 11) is 0. The van der Waals surface area contributed by atoms with E-state index in [-0.39, 0.29) is 6.10 Å². The van der Waals surface area contributed by atoms with E-state index >= 15 is 0 Å². The molecular formula is C9H15NO4. The zero-order chi connectivity index (χ0) is 10.6. The average molecular weight is 201 g/mol. The van der Waals surface area contributed by atoms with Crippen molar-refractivity contribution in [1.82, 2.24) is 4.90 Å². The predicted octanol–water partition coefficient (Wildman–Crippen LogP) is 0.0969. The van der Waals surface area contributed by atoms with Gasteiger partial charge in [0.15, 0.2) is 6.04 Å². The van der Waals surface area contributed by atoms with E-state index in [1.807, 2.05) is 0 Å². The van der Waals surface area contributed by atoms with Gasteiger partial charge in [-0.3, -0.25) is 4.79 Å². The third-order valence-corrected chi connectivity index (χ3v) is 2.43. The highest BCUT2D eigenvalue weighted by Crippen LogP contribution is 2.19. The van der Waals surface area contributed by atoms with Gasteiger partial charge in [-0.15, -0.1) is 0 Å². The van der Waals surface area contributed by atoms with Gasteiger partial charge >= 0.3 is 5.97 Å². The zero-order valence-corrected chi connectivity index (χ0v) is 8.18. The Morgan fingerprint density at radius 1 is 1.79 bits per heavy atom. The van der Waals surface area contributed by atoms with E-state index in [0.717, 1.165) is 6.42 Å². The monoisotopic (exact) mass is 201 g/mol. The predicted molar refractivity (Wildman–Crippen MR) is 48.8 cm³/mol. The van der Waals surface area contributed by atoms with E-state index in [0.29, 0.717) is 26.0 Å². The lowest BCUT2D eigenvalue weighted by Crippen LogP contribution is -2.48. The van der Waals surface area contributed by atoms with Crippen molar-refractivity contribution in [3.8, 4) is 0 Å². The summed E-state index contributed by atoms with van der Waals surface area (Å²) in [6.07, 6.45) is 1.80. The largest absolute Gasteiger partial charge is 0.480 e. The molecule has 5 heteroatoms. The number of rotatable bonds is 5. The smallest absolute Gasteiger partial charge is 0.329 e. The first-order valence-corrected chi connectivity index (χ1v) is 4.76. The van der Waals surface area contributed by atoms with Crippen molar-refractivity contribution in [2.24, 2.45) is 0 Å². The molecule has 0 spiro atoms. The van der Waals surface area contributed by atoms with E-state index in [2.05, 4.69) is 0 Å². The van der Waals surface area contributed by atoms with E-state index in [9.17, 15) is 9.59 Å². The summed E-state index contributed by atoms with van der Waals surface area (Å²) >= 11 is 0. The van der Waals surface area contributed by atoms with Gasteiger partial charge < -0.3 is 14.7 Å². The molecule has 0 aromatic rings. The second kappa shape index (κ2) is 4.95. The number of carboxylic acid groups (broad SMARTS) is 1. The van der Waals surface area contributed by atoms with Crippen LogP contribution in [0.4, 0.5) is 0 Å². The van der Waals surface area contributed by atoms with Crippen LogP contribution in [0.15, 0.2) is 0 Å². The minimum atomic E-state index is -0.995. The fraction of sp³-hybridized carbons (Fsp3) is 0.778. The Morgan fingerprint density at radius 3 is 2.86 bits per heavy atom. The number of carbonyl (C=O) groups is 2. The van der Waals surface area contributed by atoms with E-state index in [4.69, 9.17) is 9.84 Å². The lowest BCUT2D eigenvalue weighted by atomic mass is 10.1. The highest BCUT2D eigenvalue weighted by Gasteiger charge is 2.35. The first-order chi connectivity index (χ1) is 6.70. The number of carbonyl (C=O) groups excluding carboxylic acids is 1. The molecule has 1 amide bonds. The number of ether oxygens (including phenoxy) is 1. The first-order valence-electron chi connectivity index (χ1n) is 4.76. The molecule has 1 fully saturated rings. The topological polar surface area (TPSA) is 66.8 Å². The molecule has 0 bridgehead atoms. The molecule has 0 radical (unpaired) electrons. The molecule has 80 valence electrons. The van der Waals surface area contributed by atoms with Gasteiger partial charge in [-0.05, 0) is 19.8 Å². The number of hydrogen-bond donors (Lipinski definition) is 1. The van der Waals surface area contributed by atoms with Crippen LogP contribution in [-0.2, 0) is 14.3 Å². The summed E-state index contributed by atoms with van der Waals surface area (Å²) in [4.78, 5) is 22.9. The molecule has 1 saturated heterocycles. The molecule has 0 saturated carbocycles. The molecule has 1 N–H and O–H groups in total. The molecule has 2 unspecified atom stereocenters. The summed E-state index contributed by atoms with van der Waals surface area (Å²) in [5.74, 6) is -0.995. The fourth-order valence-corrected chi connectivity index (χ4v) is 1.70. The second-order valence-electron chi connectivity index (χ2n) is 3.27. The van der Waals surface area contributed by atoms with Crippen LogP contribution in [0.2, 0.25) is 0 Å². The highest BCUT2D eigenvalue weighted by molar-refractivity contribution is 5.77. The van der Waals surface area contributed by atoms with Gasteiger partial charge in [-0.2, -0.15) is 0 Å². The Balaban J connectivity index is 2.70. The van der Waals surface area contributed by atoms with Crippen LogP contribution in [0.5, 0.6) is 0 Å². The van der Waals surface area contributed by atoms with Crippen molar-refractivity contribution >= 4 is 12.4 Å². The number of likely N-dealkylation sites (N-methyl/N-ethyl adjacent to an activating group) is 1. The summed E-state index contributed by atoms with van der Waals surface area (Å²) < 4.78 is 5.28. The lowest BCUT2D eigenvalue weighted by Gasteiger charge is -2.27. The van der Waals surface area contributed by atoms with Gasteiger partial charge in [-0.1, -0.05) is 0 Å². The minimum Gasteiger partial charge on any atom is -0.480 e. The molecular weight excluding hydrogens is 186 g/mol. The van der Waals surface area contributed by atoms with Crippen LogP contribution in [0.1, 0.15) is 19.8 Å². The van der Waals surface area contributed by atoms with Gasteiger partial charge in [0.05, 0.1) is 6.10 Å². The molecule has 14 heavy (non-hydrogen) atoms. The van der Waals surface area contributed by atoms with E-state index < -0.39 is 12.0 Å². The molecule has 1 aliphatic rings. The Hall–Kier alpha value is -1.10. The third kappa shape index (κ3) is 2.23. The summed E-state index contributed by atoms with van der Waals surface area (Å²) in [5.41, 5.74) is 0. The SMILES string of the molecule is CCN(C=O)C(C(=O)O)C1CCCO1. The van der Waals surface area contributed by atoms with Crippen molar-refractivity contribution < 1.29 is 19.4 Å². The van der Waals surface area contributed by atoms with Crippen molar-refractivity contribution in [2.45, 2.75) is 31.9 Å². The maximum Gasteiger partial charge on any atom is 0.329 e. The molecule has 1 heterocycles. The number of nitrogens with zero attached hydrogens (tertiary/aromatic N) is 1. The average Bonchev–Trinajstić information content (AvgIpc) is 2.65. The normalized spacial score (nSPS) is 23.1. The number of amides is 1. The van der Waals surface area contributed by atoms with E-state index in [1.54, 1.807) is 6.92 Å². The van der Waals surface area contributed by atoms with Gasteiger partial charge in [0.2, 0.25) is 6.41 Å². The standard InChI is InChI=1S/C9H15NO4/c1-2-10(6-11)8(9(12)13)7-4-3-5-14-7/h6-8H,2-5H2,1H3,(H,12,13). The van der Waals surface area contributed by atoms with Crippen LogP contribution in [0, 0.1) is 0 Å². The minimum absolute atomic E-state index is 0.349. The van der Waals surface area contributed by atoms with Crippen LogP contribution in [0.3, 0.4) is 0 Å². The number of aliphatic carboxylic acids is 1. The Labute approximate surface area is 82.6 Å². The van der Waals surface area contributed by atoms with Crippen molar-refractivity contribution in [1.29, 1.82) is 0 Å². The maximum atomic E-state index is 11.0. The summed E-state index contributed by atoms with van der Waals surface area (Å²) in [6.45, 7) is 2.73. The van der Waals surface area contributed by atoms with Crippen LogP contribution < -0.4 is 0 Å². The molecule has 2 atom stereocenters. The molecule has 0 aliphatic carbocycles. The molecule has 0 aromatic carbocycles. The molecule has 0 aromatic heterocycles. The highest BCUT2D eigenvalue weighted by atomic mass is 16.5. The number of hydrogen-bond acceptors (Lipinski definition) is 3. The van der Waals surface area contributed by atoms with Gasteiger partial charge in [0, 0.05) is 13.2 Å². The van der Waals surface area contributed by atoms with Gasteiger partial charge in [0.25, 0.3) is 0 Å². The van der Waals surface area contributed by atoms with Crippen molar-refractivity contribution in [3.63, 3.8) is 0 Å². The Bertz CT molecular complexity index is 213. The van der Waals surface area contributed by atoms with Crippen LogP contribution in [-0.4, -0.2) is 47.7 Å². The summed E-state index contributed by atoms with van der Waals surface area (Å²) in [5, 5.41) is 8.99. The van der Waals surface area contributed by atoms with Crippen LogP contribution in [0.25, 0.3) is 0 Å². The summed E-state index contributed by atoms with van der Waals surface area (Å²) in [6, 6.07) is -0.833. The Kier molecular flexibility index (Phi) is 3.88.